The summed E-state index contributed by atoms with van der Waals surface area (Å²) < 4.78 is 0. The first kappa shape index (κ1) is 14.0. The minimum Gasteiger partial charge on any atom is -0.390 e. The van der Waals surface area contributed by atoms with Crippen LogP contribution < -0.4 is 5.32 Å². The number of nitrogens with one attached hydrogen (secondary N) is 1. The number of rotatable bonds is 4. The van der Waals surface area contributed by atoms with Crippen molar-refractivity contribution in [2.45, 2.75) is 31.4 Å². The van der Waals surface area contributed by atoms with E-state index in [0.717, 1.165) is 12.0 Å². The van der Waals surface area contributed by atoms with Crippen molar-refractivity contribution in [3.05, 3.63) is 35.9 Å². The highest BCUT2D eigenvalue weighted by molar-refractivity contribution is 5.83. The Morgan fingerprint density at radius 1 is 1.42 bits per heavy atom. The Balaban J connectivity index is 2.12. The summed E-state index contributed by atoms with van der Waals surface area (Å²) in [7, 11) is 1.79. The minimum atomic E-state index is -0.470. The number of β-amino-alcohol motifs (C(OH)–C–C–N with tert-alkyl or cyclic N) is 1. The van der Waals surface area contributed by atoms with Crippen molar-refractivity contribution in [1.29, 1.82) is 0 Å². The highest BCUT2D eigenvalue weighted by Gasteiger charge is 2.33. The fourth-order valence-electron chi connectivity index (χ4n) is 2.69. The summed E-state index contributed by atoms with van der Waals surface area (Å²) in [5.41, 5.74) is 1.04. The van der Waals surface area contributed by atoms with Crippen LogP contribution in [0.25, 0.3) is 0 Å². The zero-order valence-corrected chi connectivity index (χ0v) is 11.5. The van der Waals surface area contributed by atoms with Crippen molar-refractivity contribution in [2.24, 2.45) is 0 Å². The van der Waals surface area contributed by atoms with Crippen molar-refractivity contribution in [2.75, 3.05) is 20.1 Å². The van der Waals surface area contributed by atoms with Crippen LogP contribution in [-0.4, -0.2) is 48.2 Å². The highest BCUT2D eigenvalue weighted by atomic mass is 16.3. The van der Waals surface area contributed by atoms with Gasteiger partial charge in [0, 0.05) is 20.1 Å². The zero-order valence-electron chi connectivity index (χ0n) is 11.5. The molecule has 1 fully saturated rings. The van der Waals surface area contributed by atoms with Gasteiger partial charge in [0.15, 0.2) is 0 Å². The monoisotopic (exact) mass is 262 g/mol. The molecule has 1 heterocycles. The van der Waals surface area contributed by atoms with Crippen LogP contribution >= 0.6 is 0 Å². The van der Waals surface area contributed by atoms with Gasteiger partial charge in [0.1, 0.15) is 0 Å². The topological polar surface area (TPSA) is 52.6 Å². The van der Waals surface area contributed by atoms with Crippen LogP contribution in [0.4, 0.5) is 0 Å². The van der Waals surface area contributed by atoms with E-state index < -0.39 is 6.10 Å². The van der Waals surface area contributed by atoms with E-state index in [-0.39, 0.29) is 17.9 Å². The maximum Gasteiger partial charge on any atom is 0.230 e. The minimum absolute atomic E-state index is 0.0847. The third kappa shape index (κ3) is 2.96. The highest BCUT2D eigenvalue weighted by Crippen LogP contribution is 2.23. The summed E-state index contributed by atoms with van der Waals surface area (Å²) in [4.78, 5) is 14.3. The van der Waals surface area contributed by atoms with Crippen LogP contribution in [0, 0.1) is 0 Å². The van der Waals surface area contributed by atoms with Gasteiger partial charge < -0.3 is 15.3 Å². The standard InChI is InChI=1S/C15H22N2O2/c1-3-12(11-7-5-4-6-8-11)15(19)17(2)13-9-16-10-14(13)18/h4-8,12-14,16,18H,3,9-10H2,1-2H3/t12?,13-,14-/m1/s1. The number of nitrogens with zero attached hydrogens (tertiary/aromatic N) is 1. The van der Waals surface area contributed by atoms with Gasteiger partial charge in [-0.3, -0.25) is 4.79 Å². The summed E-state index contributed by atoms with van der Waals surface area (Å²) in [6, 6.07) is 9.72. The van der Waals surface area contributed by atoms with E-state index in [1.807, 2.05) is 37.3 Å². The van der Waals surface area contributed by atoms with Crippen LogP contribution in [0.5, 0.6) is 0 Å². The van der Waals surface area contributed by atoms with E-state index in [1.165, 1.54) is 0 Å². The summed E-state index contributed by atoms with van der Waals surface area (Å²) in [5, 5.41) is 13.0. The SMILES string of the molecule is CCC(C(=O)N(C)[C@@H]1CNC[C@H]1O)c1ccccc1. The van der Waals surface area contributed by atoms with Crippen LogP contribution in [0.15, 0.2) is 30.3 Å². The van der Waals surface area contributed by atoms with Gasteiger partial charge in [0.05, 0.1) is 18.1 Å². The molecule has 2 rings (SSSR count). The lowest BCUT2D eigenvalue weighted by atomic mass is 9.94. The molecule has 4 heteroatoms. The molecule has 0 aromatic heterocycles. The molecule has 19 heavy (non-hydrogen) atoms. The lowest BCUT2D eigenvalue weighted by Crippen LogP contribution is -2.46. The fraction of sp³-hybridized carbons (Fsp3) is 0.533. The Bertz CT molecular complexity index is 421. The number of hydrogen-bond donors (Lipinski definition) is 2. The largest absolute Gasteiger partial charge is 0.390 e. The molecule has 1 aromatic carbocycles. The second-order valence-electron chi connectivity index (χ2n) is 5.11. The first-order chi connectivity index (χ1) is 9.15. The normalized spacial score (nSPS) is 24.2. The van der Waals surface area contributed by atoms with E-state index in [2.05, 4.69) is 5.32 Å². The summed E-state index contributed by atoms with van der Waals surface area (Å²) >= 11 is 0. The lowest BCUT2D eigenvalue weighted by molar-refractivity contribution is -0.135. The van der Waals surface area contributed by atoms with Crippen molar-refractivity contribution in [3.63, 3.8) is 0 Å². The Kier molecular flexibility index (Phi) is 4.56. The molecule has 4 nitrogen and oxygen atoms in total. The molecule has 3 atom stereocenters. The predicted molar refractivity (Wildman–Crippen MR) is 74.9 cm³/mol. The Hall–Kier alpha value is -1.39. The Morgan fingerprint density at radius 3 is 2.63 bits per heavy atom. The molecule has 0 saturated carbocycles. The van der Waals surface area contributed by atoms with Gasteiger partial charge in [-0.1, -0.05) is 37.3 Å². The quantitative estimate of drug-likeness (QED) is 0.850. The fourth-order valence-corrected chi connectivity index (χ4v) is 2.69. The first-order valence-corrected chi connectivity index (χ1v) is 6.85. The number of amides is 1. The molecule has 0 spiro atoms. The molecular formula is C15H22N2O2. The average Bonchev–Trinajstić information content (AvgIpc) is 2.86. The number of aliphatic hydroxyl groups excluding tert-OH is 1. The van der Waals surface area contributed by atoms with Crippen LogP contribution in [-0.2, 0) is 4.79 Å². The number of aliphatic hydroxyl groups is 1. The van der Waals surface area contributed by atoms with Gasteiger partial charge in [-0.2, -0.15) is 0 Å². The van der Waals surface area contributed by atoms with Crippen LogP contribution in [0.1, 0.15) is 24.8 Å². The number of carbonyl (C=O) groups excluding carboxylic acids is 1. The predicted octanol–water partition coefficient (Wildman–Crippen LogP) is 0.971. The van der Waals surface area contributed by atoms with E-state index in [0.29, 0.717) is 13.1 Å². The molecule has 2 N–H and O–H groups in total. The van der Waals surface area contributed by atoms with Gasteiger partial charge in [0.25, 0.3) is 0 Å². The average molecular weight is 262 g/mol. The molecule has 0 bridgehead atoms. The van der Waals surface area contributed by atoms with Gasteiger partial charge in [-0.15, -0.1) is 0 Å². The van der Waals surface area contributed by atoms with Gasteiger partial charge >= 0.3 is 0 Å². The smallest absolute Gasteiger partial charge is 0.230 e. The molecule has 1 amide bonds. The van der Waals surface area contributed by atoms with Gasteiger partial charge in [-0.25, -0.2) is 0 Å². The van der Waals surface area contributed by atoms with Crippen LogP contribution in [0.2, 0.25) is 0 Å². The first-order valence-electron chi connectivity index (χ1n) is 6.85. The summed E-state index contributed by atoms with van der Waals surface area (Å²) in [6.45, 7) is 3.24. The van der Waals surface area contributed by atoms with Crippen molar-refractivity contribution in [3.8, 4) is 0 Å². The molecule has 0 aliphatic carbocycles. The third-order valence-electron chi connectivity index (χ3n) is 3.90. The van der Waals surface area contributed by atoms with E-state index in [9.17, 15) is 9.90 Å². The molecule has 1 saturated heterocycles. The Labute approximate surface area is 114 Å². The molecule has 1 unspecified atom stereocenters. The van der Waals surface area contributed by atoms with Crippen molar-refractivity contribution in [1.82, 2.24) is 10.2 Å². The molecule has 1 aromatic rings. The molecule has 1 aliphatic rings. The second-order valence-corrected chi connectivity index (χ2v) is 5.11. The second kappa shape index (κ2) is 6.17. The molecular weight excluding hydrogens is 240 g/mol. The Morgan fingerprint density at radius 2 is 2.11 bits per heavy atom. The molecule has 0 radical (unpaired) electrons. The molecule has 1 aliphatic heterocycles. The van der Waals surface area contributed by atoms with Gasteiger partial charge in [-0.05, 0) is 12.0 Å². The number of benzene rings is 1. The maximum absolute atomic E-state index is 12.6. The van der Waals surface area contributed by atoms with Crippen molar-refractivity contribution >= 4 is 5.91 Å². The van der Waals surface area contributed by atoms with E-state index >= 15 is 0 Å². The van der Waals surface area contributed by atoms with Gasteiger partial charge in [0.2, 0.25) is 5.91 Å². The lowest BCUT2D eigenvalue weighted by Gasteiger charge is -2.30. The van der Waals surface area contributed by atoms with E-state index in [4.69, 9.17) is 0 Å². The summed E-state index contributed by atoms with van der Waals surface area (Å²) in [6.07, 6.45) is 0.297. The molecule has 104 valence electrons. The number of likely N-dealkylation sites (N-methyl/N-ethyl adjacent to an activating group) is 1. The van der Waals surface area contributed by atoms with E-state index in [1.54, 1.807) is 11.9 Å². The van der Waals surface area contributed by atoms with Crippen molar-refractivity contribution < 1.29 is 9.90 Å². The third-order valence-corrected chi connectivity index (χ3v) is 3.90. The van der Waals surface area contributed by atoms with Crippen LogP contribution in [0.3, 0.4) is 0 Å². The zero-order chi connectivity index (χ0) is 13.8. The number of hydrogen-bond acceptors (Lipinski definition) is 3. The number of carbonyl (C=O) groups is 1. The maximum atomic E-state index is 12.6. The summed E-state index contributed by atoms with van der Waals surface area (Å²) in [5.74, 6) is -0.0413.